The molecule has 38 heavy (non-hydrogen) atoms. The smallest absolute Gasteiger partial charge is 0.260 e. The van der Waals surface area contributed by atoms with Gasteiger partial charge in [0.25, 0.3) is 11.4 Å². The number of hydrogen-bond acceptors (Lipinski definition) is 5. The van der Waals surface area contributed by atoms with Gasteiger partial charge in [-0.05, 0) is 6.07 Å². The van der Waals surface area contributed by atoms with E-state index < -0.39 is 27.2 Å². The number of halogens is 2. The molecule has 0 spiro atoms. The Labute approximate surface area is 220 Å². The van der Waals surface area contributed by atoms with Gasteiger partial charge in [-0.1, -0.05) is 30.3 Å². The summed E-state index contributed by atoms with van der Waals surface area (Å²) in [6, 6.07) is 11.7. The van der Waals surface area contributed by atoms with Gasteiger partial charge in [0.1, 0.15) is 0 Å². The highest BCUT2D eigenvalue weighted by Gasteiger charge is 2.43. The highest BCUT2D eigenvalue weighted by Crippen LogP contribution is 2.41. The quantitative estimate of drug-likeness (QED) is 0.473. The number of nitrogens with zero attached hydrogens (tertiary/aromatic N) is 5. The molecule has 5 rings (SSSR count). The lowest BCUT2D eigenvalue weighted by molar-refractivity contribution is 0.0698. The largest absolute Gasteiger partial charge is 0.370 e. The summed E-state index contributed by atoms with van der Waals surface area (Å²) in [4.78, 5) is 25.5. The fraction of sp³-hybridized carbons (Fsp3) is 0.370. The Kier molecular flexibility index (Phi) is 6.79. The van der Waals surface area contributed by atoms with Crippen LogP contribution in [0.3, 0.4) is 0 Å². The number of carbonyl (C=O) groups excluding carboxylic acids is 1. The molecule has 1 amide bonds. The van der Waals surface area contributed by atoms with Crippen LogP contribution >= 0.6 is 0 Å². The number of fused-ring (bicyclic) bond motifs is 1. The molecule has 0 bridgehead atoms. The number of benzene rings is 2. The second-order valence-electron chi connectivity index (χ2n) is 9.75. The average Bonchev–Trinajstić information content (AvgIpc) is 2.93. The van der Waals surface area contributed by atoms with E-state index in [0.29, 0.717) is 37.0 Å². The van der Waals surface area contributed by atoms with Crippen LogP contribution in [0.5, 0.6) is 0 Å². The van der Waals surface area contributed by atoms with Gasteiger partial charge in [-0.2, -0.15) is 4.31 Å². The van der Waals surface area contributed by atoms with Gasteiger partial charge in [-0.15, -0.1) is 0 Å². The van der Waals surface area contributed by atoms with Gasteiger partial charge in [0.15, 0.2) is 11.6 Å². The summed E-state index contributed by atoms with van der Waals surface area (Å²) in [5.41, 5.74) is 1.15. The number of rotatable bonds is 4. The molecule has 2 fully saturated rings. The van der Waals surface area contributed by atoms with E-state index in [4.69, 9.17) is 6.57 Å². The van der Waals surface area contributed by atoms with Gasteiger partial charge in [0.05, 0.1) is 23.0 Å². The van der Waals surface area contributed by atoms with E-state index in [2.05, 4.69) is 9.83 Å². The first-order valence-electron chi connectivity index (χ1n) is 12.3. The van der Waals surface area contributed by atoms with Crippen LogP contribution in [-0.2, 0) is 15.6 Å². The topological polar surface area (TPSA) is 78.2 Å². The molecule has 0 N–H and O–H groups in total. The van der Waals surface area contributed by atoms with E-state index >= 15 is 0 Å². The highest BCUT2D eigenvalue weighted by atomic mass is 32.2. The lowest BCUT2D eigenvalue weighted by atomic mass is 9.81. The summed E-state index contributed by atoms with van der Waals surface area (Å²) in [5, 5.41) is 0.319. The van der Waals surface area contributed by atoms with E-state index in [0.717, 1.165) is 24.0 Å². The van der Waals surface area contributed by atoms with E-state index in [1.807, 2.05) is 35.2 Å². The number of aromatic nitrogens is 1. The van der Waals surface area contributed by atoms with Gasteiger partial charge in [0.2, 0.25) is 10.0 Å². The lowest BCUT2D eigenvalue weighted by Gasteiger charge is -2.38. The molecule has 0 radical (unpaired) electrons. The van der Waals surface area contributed by atoms with Crippen molar-refractivity contribution in [2.24, 2.45) is 0 Å². The zero-order chi connectivity index (χ0) is 27.1. The summed E-state index contributed by atoms with van der Waals surface area (Å²) >= 11 is 0. The molecule has 2 saturated heterocycles. The Morgan fingerprint density at radius 2 is 1.63 bits per heavy atom. The molecule has 0 saturated carbocycles. The number of pyridine rings is 1. The van der Waals surface area contributed by atoms with Crippen LogP contribution < -0.4 is 4.90 Å². The summed E-state index contributed by atoms with van der Waals surface area (Å²) < 4.78 is 53.6. The third-order valence-electron chi connectivity index (χ3n) is 7.54. The van der Waals surface area contributed by atoms with Crippen molar-refractivity contribution in [3.05, 3.63) is 82.8 Å². The summed E-state index contributed by atoms with van der Waals surface area (Å²) in [5.74, 6) is -2.41. The molecule has 0 aliphatic carbocycles. The number of hydrogen-bond donors (Lipinski definition) is 0. The van der Waals surface area contributed by atoms with Gasteiger partial charge < -0.3 is 14.6 Å². The highest BCUT2D eigenvalue weighted by molar-refractivity contribution is 7.88. The van der Waals surface area contributed by atoms with Crippen molar-refractivity contribution in [1.82, 2.24) is 14.2 Å². The molecule has 2 aliphatic heterocycles. The molecule has 11 heteroatoms. The number of anilines is 1. The molecule has 0 unspecified atom stereocenters. The first-order valence-corrected chi connectivity index (χ1v) is 14.2. The van der Waals surface area contributed by atoms with Crippen LogP contribution in [0.1, 0.15) is 28.8 Å². The number of piperidine rings is 1. The number of carbonyl (C=O) groups is 1. The Morgan fingerprint density at radius 3 is 2.24 bits per heavy atom. The van der Waals surface area contributed by atoms with E-state index in [1.54, 1.807) is 4.90 Å². The predicted octanol–water partition coefficient (Wildman–Crippen LogP) is 3.65. The van der Waals surface area contributed by atoms with E-state index in [9.17, 15) is 22.0 Å². The summed E-state index contributed by atoms with van der Waals surface area (Å²) in [6.45, 7) is 9.55. The van der Waals surface area contributed by atoms with Crippen LogP contribution in [0.4, 0.5) is 14.5 Å². The van der Waals surface area contributed by atoms with Crippen molar-refractivity contribution in [2.75, 3.05) is 50.4 Å². The molecule has 8 nitrogen and oxygen atoms in total. The number of amides is 1. The maximum atomic E-state index is 14.4. The van der Waals surface area contributed by atoms with Crippen LogP contribution in [0.15, 0.2) is 48.7 Å². The second-order valence-corrected chi connectivity index (χ2v) is 11.7. The molecule has 1 aromatic heterocycles. The first kappa shape index (κ1) is 26.0. The Balaban J connectivity index is 1.51. The number of sulfonamides is 1. The monoisotopic (exact) mass is 539 g/mol. The fourth-order valence-electron chi connectivity index (χ4n) is 5.38. The van der Waals surface area contributed by atoms with Crippen molar-refractivity contribution in [2.45, 2.75) is 18.4 Å². The maximum Gasteiger partial charge on any atom is 0.260 e. The third-order valence-corrected chi connectivity index (χ3v) is 8.84. The Hall–Kier alpha value is -3.62. The zero-order valence-electron chi connectivity index (χ0n) is 20.9. The predicted molar refractivity (Wildman–Crippen MR) is 140 cm³/mol. The molecule has 3 aromatic rings. The van der Waals surface area contributed by atoms with Crippen molar-refractivity contribution in [1.29, 1.82) is 0 Å². The Bertz CT molecular complexity index is 1530. The van der Waals surface area contributed by atoms with Gasteiger partial charge in [-0.25, -0.2) is 23.8 Å². The molecule has 0 atom stereocenters. The third kappa shape index (κ3) is 4.70. The van der Waals surface area contributed by atoms with Crippen LogP contribution in [0.25, 0.3) is 15.7 Å². The normalized spacial score (nSPS) is 18.4. The second kappa shape index (κ2) is 9.93. The Morgan fingerprint density at radius 1 is 1.00 bits per heavy atom. The maximum absolute atomic E-state index is 14.4. The minimum atomic E-state index is -3.37. The first-order chi connectivity index (χ1) is 18.1. The van der Waals surface area contributed by atoms with Gasteiger partial charge >= 0.3 is 0 Å². The van der Waals surface area contributed by atoms with Crippen LogP contribution in [0, 0.1) is 18.2 Å². The van der Waals surface area contributed by atoms with Crippen molar-refractivity contribution in [3.8, 4) is 0 Å². The molecular weight excluding hydrogens is 512 g/mol. The SMILES string of the molecule is [C-]#[N+]C1(c2ccccc2)CCN(c2c(C(=O)N3CCN(S(C)(=O)=O)CC3)cnc3cc(F)c(F)cc23)CC1. The molecule has 3 heterocycles. The van der Waals surface area contributed by atoms with Gasteiger partial charge in [-0.3, -0.25) is 9.78 Å². The van der Waals surface area contributed by atoms with E-state index in [-0.39, 0.29) is 43.2 Å². The van der Waals surface area contributed by atoms with Gasteiger partial charge in [0, 0.05) is 75.3 Å². The molecule has 2 aliphatic rings. The average molecular weight is 540 g/mol. The van der Waals surface area contributed by atoms with E-state index in [1.165, 1.54) is 10.5 Å². The standard InChI is InChI=1S/C27H27F2N5O3S/c1-30-27(19-6-4-3-5-7-19)8-10-32(11-9-27)25-20-16-22(28)23(29)17-24(20)31-18-21(25)26(35)33-12-14-34(15-13-33)38(2,36)37/h3-7,16-18H,8-15H2,2H3. The minimum Gasteiger partial charge on any atom is -0.370 e. The number of piperazine rings is 1. The van der Waals surface area contributed by atoms with Crippen molar-refractivity contribution < 1.29 is 22.0 Å². The lowest BCUT2D eigenvalue weighted by Crippen LogP contribution is -2.50. The summed E-state index contributed by atoms with van der Waals surface area (Å²) in [6.07, 6.45) is 3.51. The van der Waals surface area contributed by atoms with Crippen LogP contribution in [0.2, 0.25) is 0 Å². The summed E-state index contributed by atoms with van der Waals surface area (Å²) in [7, 11) is -3.37. The van der Waals surface area contributed by atoms with Crippen molar-refractivity contribution >= 4 is 32.5 Å². The van der Waals surface area contributed by atoms with Crippen molar-refractivity contribution in [3.63, 3.8) is 0 Å². The fourth-order valence-corrected chi connectivity index (χ4v) is 6.20. The molecule has 2 aromatic carbocycles. The molecular formula is C27H27F2N5O3S. The molecule has 198 valence electrons. The zero-order valence-corrected chi connectivity index (χ0v) is 21.7. The van der Waals surface area contributed by atoms with Crippen LogP contribution in [-0.4, -0.2) is 74.0 Å². The minimum absolute atomic E-state index is 0.176.